The largest absolute Gasteiger partial charge is 0.450 e. The maximum Gasteiger partial charge on any atom is 0.310 e. The Bertz CT molecular complexity index is 815. The molecular formula is C15H16N2O4. The van der Waals surface area contributed by atoms with Crippen LogP contribution in [0.3, 0.4) is 0 Å². The van der Waals surface area contributed by atoms with Crippen LogP contribution in [0.2, 0.25) is 0 Å². The number of methoxy groups -OCH3 is 2. The Labute approximate surface area is 120 Å². The average molecular weight is 288 g/mol. The van der Waals surface area contributed by atoms with Crippen LogP contribution in [0.15, 0.2) is 39.7 Å². The number of hydrogen-bond donors (Lipinski definition) is 0. The first kappa shape index (κ1) is 13.8. The van der Waals surface area contributed by atoms with Gasteiger partial charge in [-0.05, 0) is 6.07 Å². The van der Waals surface area contributed by atoms with Gasteiger partial charge >= 0.3 is 5.56 Å². The van der Waals surface area contributed by atoms with Gasteiger partial charge in [-0.25, -0.2) is 4.68 Å². The third kappa shape index (κ3) is 2.32. The molecule has 0 radical (unpaired) electrons. The maximum atomic E-state index is 12.6. The molecule has 6 nitrogen and oxygen atoms in total. The molecule has 0 saturated heterocycles. The van der Waals surface area contributed by atoms with Crippen molar-refractivity contribution in [2.24, 2.45) is 0 Å². The number of para-hydroxylation sites is 1. The number of nitrogens with zero attached hydrogens (tertiary/aromatic N) is 2. The molecule has 2 aromatic heterocycles. The second-order valence-corrected chi connectivity index (χ2v) is 4.80. The maximum absolute atomic E-state index is 12.6. The van der Waals surface area contributed by atoms with Crippen molar-refractivity contribution in [3.63, 3.8) is 0 Å². The van der Waals surface area contributed by atoms with Crippen molar-refractivity contribution in [3.05, 3.63) is 40.8 Å². The molecule has 21 heavy (non-hydrogen) atoms. The van der Waals surface area contributed by atoms with Crippen molar-refractivity contribution in [2.75, 3.05) is 27.4 Å². The van der Waals surface area contributed by atoms with Crippen molar-refractivity contribution in [1.29, 1.82) is 0 Å². The van der Waals surface area contributed by atoms with E-state index in [1.54, 1.807) is 20.4 Å². The van der Waals surface area contributed by atoms with E-state index in [2.05, 4.69) is 5.10 Å². The van der Waals surface area contributed by atoms with E-state index in [1.807, 2.05) is 24.3 Å². The lowest BCUT2D eigenvalue weighted by molar-refractivity contribution is 0.0816. The molecule has 0 aliphatic heterocycles. The Balaban J connectivity index is 2.19. The Morgan fingerprint density at radius 2 is 1.90 bits per heavy atom. The highest BCUT2D eigenvalue weighted by Crippen LogP contribution is 2.25. The van der Waals surface area contributed by atoms with E-state index in [4.69, 9.17) is 13.9 Å². The minimum Gasteiger partial charge on any atom is -0.450 e. The van der Waals surface area contributed by atoms with Gasteiger partial charge in [0.1, 0.15) is 11.6 Å². The molecular weight excluding hydrogens is 272 g/mol. The van der Waals surface area contributed by atoms with E-state index in [9.17, 15) is 4.79 Å². The summed E-state index contributed by atoms with van der Waals surface area (Å²) >= 11 is 0. The summed E-state index contributed by atoms with van der Waals surface area (Å²) in [7, 11) is 3.15. The highest BCUT2D eigenvalue weighted by atomic mass is 16.5. The van der Waals surface area contributed by atoms with Gasteiger partial charge in [-0.1, -0.05) is 18.2 Å². The van der Waals surface area contributed by atoms with Crippen LogP contribution in [-0.2, 0) is 9.47 Å². The second kappa shape index (κ2) is 5.67. The van der Waals surface area contributed by atoms with Gasteiger partial charge in [0.05, 0.1) is 24.8 Å². The number of hydrogen-bond acceptors (Lipinski definition) is 5. The van der Waals surface area contributed by atoms with Crippen LogP contribution in [0.5, 0.6) is 0 Å². The smallest absolute Gasteiger partial charge is 0.310 e. The summed E-state index contributed by atoms with van der Waals surface area (Å²) in [6.45, 7) is 0.680. The molecule has 0 saturated carbocycles. The van der Waals surface area contributed by atoms with E-state index < -0.39 is 0 Å². The van der Waals surface area contributed by atoms with Crippen molar-refractivity contribution in [1.82, 2.24) is 9.78 Å². The Morgan fingerprint density at radius 3 is 2.62 bits per heavy atom. The molecule has 0 spiro atoms. The number of ether oxygens (including phenoxy) is 2. The molecule has 0 N–H and O–H groups in total. The summed E-state index contributed by atoms with van der Waals surface area (Å²) in [6.07, 6.45) is 1.65. The van der Waals surface area contributed by atoms with Gasteiger partial charge < -0.3 is 13.9 Å². The Morgan fingerprint density at radius 1 is 1.19 bits per heavy atom. The molecule has 0 amide bonds. The van der Waals surface area contributed by atoms with Gasteiger partial charge in [-0.3, -0.25) is 4.79 Å². The van der Waals surface area contributed by atoms with Crippen molar-refractivity contribution in [2.45, 2.75) is 6.04 Å². The van der Waals surface area contributed by atoms with Crippen LogP contribution in [0.4, 0.5) is 0 Å². The number of rotatable bonds is 5. The van der Waals surface area contributed by atoms with Gasteiger partial charge in [-0.15, -0.1) is 0 Å². The zero-order valence-corrected chi connectivity index (χ0v) is 11.9. The van der Waals surface area contributed by atoms with Crippen molar-refractivity contribution in [3.8, 4) is 0 Å². The van der Waals surface area contributed by atoms with Crippen molar-refractivity contribution >= 4 is 21.9 Å². The van der Waals surface area contributed by atoms with Crippen LogP contribution in [-0.4, -0.2) is 37.2 Å². The third-order valence-electron chi connectivity index (χ3n) is 3.41. The molecule has 0 aliphatic carbocycles. The number of benzene rings is 1. The molecule has 3 aromatic rings. The second-order valence-electron chi connectivity index (χ2n) is 4.80. The molecule has 1 aromatic carbocycles. The molecule has 2 heterocycles. The monoisotopic (exact) mass is 288 g/mol. The molecule has 110 valence electrons. The molecule has 0 atom stereocenters. The Kier molecular flexibility index (Phi) is 3.72. The number of aromatic nitrogens is 2. The fourth-order valence-electron chi connectivity index (χ4n) is 2.46. The normalized spacial score (nSPS) is 11.8. The zero-order valence-electron chi connectivity index (χ0n) is 11.9. The first-order valence-corrected chi connectivity index (χ1v) is 6.63. The highest BCUT2D eigenvalue weighted by Gasteiger charge is 2.18. The zero-order chi connectivity index (χ0) is 14.8. The van der Waals surface area contributed by atoms with E-state index in [0.29, 0.717) is 24.4 Å². The third-order valence-corrected chi connectivity index (χ3v) is 3.41. The first-order valence-electron chi connectivity index (χ1n) is 6.63. The van der Waals surface area contributed by atoms with Gasteiger partial charge in [0.2, 0.25) is 5.58 Å². The Hall–Kier alpha value is -2.18. The molecule has 0 unspecified atom stereocenters. The highest BCUT2D eigenvalue weighted by molar-refractivity contribution is 6.03. The summed E-state index contributed by atoms with van der Waals surface area (Å²) in [5.74, 6) is 0. The average Bonchev–Trinajstić information content (AvgIpc) is 2.87. The van der Waals surface area contributed by atoms with Gasteiger partial charge in [-0.2, -0.15) is 5.10 Å². The molecule has 6 heteroatoms. The minimum atomic E-state index is -0.287. The molecule has 0 fully saturated rings. The van der Waals surface area contributed by atoms with E-state index in [1.165, 1.54) is 4.68 Å². The SMILES string of the molecule is COCC(COC)n1ncc2c(oc3ccccc32)c1=O. The lowest BCUT2D eigenvalue weighted by atomic mass is 10.2. The summed E-state index contributed by atoms with van der Waals surface area (Å²) in [6, 6.07) is 7.23. The van der Waals surface area contributed by atoms with Crippen molar-refractivity contribution < 1.29 is 13.9 Å². The quantitative estimate of drug-likeness (QED) is 0.718. The lowest BCUT2D eigenvalue weighted by Crippen LogP contribution is -2.32. The van der Waals surface area contributed by atoms with Crippen LogP contribution in [0, 0.1) is 0 Å². The fourth-order valence-corrected chi connectivity index (χ4v) is 2.46. The number of furan rings is 1. The van der Waals surface area contributed by atoms with Crippen LogP contribution >= 0.6 is 0 Å². The number of fused-ring (bicyclic) bond motifs is 3. The van der Waals surface area contributed by atoms with Gasteiger partial charge in [0.25, 0.3) is 0 Å². The molecule has 3 rings (SSSR count). The van der Waals surface area contributed by atoms with Crippen LogP contribution < -0.4 is 5.56 Å². The minimum absolute atomic E-state index is 0.275. The lowest BCUT2D eigenvalue weighted by Gasteiger charge is -2.16. The van der Waals surface area contributed by atoms with Crippen LogP contribution in [0.25, 0.3) is 21.9 Å². The summed E-state index contributed by atoms with van der Waals surface area (Å²) in [4.78, 5) is 12.6. The van der Waals surface area contributed by atoms with Crippen LogP contribution in [0.1, 0.15) is 6.04 Å². The summed E-state index contributed by atoms with van der Waals surface area (Å²) < 4.78 is 17.3. The van der Waals surface area contributed by atoms with E-state index in [-0.39, 0.29) is 11.6 Å². The summed E-state index contributed by atoms with van der Waals surface area (Å²) in [5.41, 5.74) is 0.713. The van der Waals surface area contributed by atoms with Gasteiger partial charge in [0.15, 0.2) is 0 Å². The fraction of sp³-hybridized carbons (Fsp3) is 0.333. The topological polar surface area (TPSA) is 66.5 Å². The predicted molar refractivity (Wildman–Crippen MR) is 78.6 cm³/mol. The predicted octanol–water partition coefficient (Wildman–Crippen LogP) is 1.98. The van der Waals surface area contributed by atoms with E-state index in [0.717, 1.165) is 10.8 Å². The van der Waals surface area contributed by atoms with Gasteiger partial charge in [0, 0.05) is 19.6 Å². The molecule has 0 aliphatic rings. The standard InChI is InChI=1S/C15H16N2O4/c1-19-8-10(9-20-2)17-15(18)14-12(7-16-17)11-5-3-4-6-13(11)21-14/h3-7,10H,8-9H2,1-2H3. The summed E-state index contributed by atoms with van der Waals surface area (Å²) in [5, 5.41) is 5.86. The molecule has 0 bridgehead atoms. The van der Waals surface area contributed by atoms with E-state index >= 15 is 0 Å². The first-order chi connectivity index (χ1) is 10.3.